The average molecular weight is 588 g/mol. The van der Waals surface area contributed by atoms with Crippen LogP contribution in [-0.4, -0.2) is 12.3 Å². The Morgan fingerprint density at radius 1 is 0.478 bits per heavy atom. The molecule has 0 saturated heterocycles. The average Bonchev–Trinajstić information content (AvgIpc) is 3.51. The molecular formula is C42H30BN3. The van der Waals surface area contributed by atoms with Gasteiger partial charge in [-0.15, -0.1) is 0 Å². The van der Waals surface area contributed by atoms with Gasteiger partial charge in [-0.05, 0) is 71.7 Å². The van der Waals surface area contributed by atoms with Crippen LogP contribution in [0.1, 0.15) is 0 Å². The molecule has 3 nitrogen and oxygen atoms in total. The van der Waals surface area contributed by atoms with Crippen molar-refractivity contribution in [3.05, 3.63) is 170 Å². The molecule has 0 bridgehead atoms. The number of rotatable bonds is 5. The monoisotopic (exact) mass is 587 g/mol. The van der Waals surface area contributed by atoms with Crippen molar-refractivity contribution >= 4 is 74.1 Å². The molecule has 0 amide bonds. The molecule has 216 valence electrons. The smallest absolute Gasteiger partial charge is 0.198 e. The molecule has 1 aliphatic heterocycles. The van der Waals surface area contributed by atoms with Crippen molar-refractivity contribution in [2.75, 3.05) is 9.80 Å². The number of hydrogen-bond acceptors (Lipinski definition) is 2. The van der Waals surface area contributed by atoms with Crippen LogP contribution in [0.5, 0.6) is 0 Å². The second kappa shape index (κ2) is 10.9. The van der Waals surface area contributed by atoms with Crippen molar-refractivity contribution < 1.29 is 0 Å². The minimum absolute atomic E-state index is 0.845. The number of fused-ring (bicyclic) bond motifs is 5. The van der Waals surface area contributed by atoms with E-state index < -0.39 is 0 Å². The van der Waals surface area contributed by atoms with Gasteiger partial charge in [0.15, 0.2) is 7.28 Å². The molecule has 0 aliphatic carbocycles. The molecule has 0 unspecified atom stereocenters. The zero-order valence-corrected chi connectivity index (χ0v) is 25.3. The van der Waals surface area contributed by atoms with Crippen molar-refractivity contribution in [1.82, 2.24) is 4.98 Å². The Bertz CT molecular complexity index is 2310. The summed E-state index contributed by atoms with van der Waals surface area (Å²) in [6.45, 7) is 0. The van der Waals surface area contributed by atoms with Crippen molar-refractivity contribution in [3.63, 3.8) is 0 Å². The normalized spacial score (nSPS) is 12.0. The first-order valence-electron chi connectivity index (χ1n) is 15.8. The van der Waals surface area contributed by atoms with E-state index in [0.717, 1.165) is 35.5 Å². The lowest BCUT2D eigenvalue weighted by Crippen LogP contribution is -2.41. The number of aromatic amines is 1. The van der Waals surface area contributed by atoms with Crippen LogP contribution < -0.4 is 20.7 Å². The van der Waals surface area contributed by atoms with Gasteiger partial charge in [0.2, 0.25) is 0 Å². The molecule has 0 atom stereocenters. The van der Waals surface area contributed by atoms with Gasteiger partial charge in [-0.2, -0.15) is 0 Å². The third kappa shape index (κ3) is 4.30. The van der Waals surface area contributed by atoms with Crippen molar-refractivity contribution in [3.8, 4) is 11.1 Å². The van der Waals surface area contributed by atoms with Gasteiger partial charge < -0.3 is 14.8 Å². The highest BCUT2D eigenvalue weighted by Gasteiger charge is 2.29. The number of H-pyrrole nitrogens is 1. The topological polar surface area (TPSA) is 22.3 Å². The number of hydrogen-bond donors (Lipinski definition) is 1. The Kier molecular flexibility index (Phi) is 6.24. The van der Waals surface area contributed by atoms with Gasteiger partial charge in [0.1, 0.15) is 0 Å². The Labute approximate surface area is 269 Å². The second-order valence-corrected chi connectivity index (χ2v) is 11.9. The highest BCUT2D eigenvalue weighted by molar-refractivity contribution is 6.73. The van der Waals surface area contributed by atoms with E-state index in [1.54, 1.807) is 0 Å². The van der Waals surface area contributed by atoms with Crippen LogP contribution >= 0.6 is 0 Å². The molecule has 2 heterocycles. The molecule has 4 heteroatoms. The molecule has 9 rings (SSSR count). The maximum absolute atomic E-state index is 3.80. The fourth-order valence-electron chi connectivity index (χ4n) is 7.15. The number of nitrogens with one attached hydrogen (secondary N) is 1. The molecule has 0 fully saturated rings. The Morgan fingerprint density at radius 2 is 1.11 bits per heavy atom. The van der Waals surface area contributed by atoms with Crippen molar-refractivity contribution in [2.45, 2.75) is 0 Å². The maximum Gasteiger partial charge on any atom is 0.198 e. The van der Waals surface area contributed by atoms with Crippen molar-refractivity contribution in [2.24, 2.45) is 0 Å². The van der Waals surface area contributed by atoms with Crippen LogP contribution in [0.25, 0.3) is 32.9 Å². The van der Waals surface area contributed by atoms with Crippen LogP contribution in [0, 0.1) is 0 Å². The van der Waals surface area contributed by atoms with Gasteiger partial charge in [-0.3, -0.25) is 0 Å². The lowest BCUT2D eigenvalue weighted by molar-refractivity contribution is 1.26. The quantitative estimate of drug-likeness (QED) is 0.203. The van der Waals surface area contributed by atoms with E-state index in [1.165, 1.54) is 49.7 Å². The minimum Gasteiger partial charge on any atom is -0.354 e. The third-order valence-corrected chi connectivity index (χ3v) is 9.18. The van der Waals surface area contributed by atoms with E-state index in [2.05, 4.69) is 185 Å². The summed E-state index contributed by atoms with van der Waals surface area (Å²) < 4.78 is 0. The molecule has 0 spiro atoms. The Morgan fingerprint density at radius 3 is 1.87 bits per heavy atom. The third-order valence-electron chi connectivity index (χ3n) is 9.18. The first-order valence-corrected chi connectivity index (χ1v) is 15.8. The van der Waals surface area contributed by atoms with Gasteiger partial charge in [0.25, 0.3) is 0 Å². The molecule has 1 N–H and O–H groups in total. The summed E-state index contributed by atoms with van der Waals surface area (Å²) >= 11 is 0. The predicted octanol–water partition coefficient (Wildman–Crippen LogP) is 9.63. The zero-order valence-electron chi connectivity index (χ0n) is 25.3. The second-order valence-electron chi connectivity index (χ2n) is 11.9. The first kappa shape index (κ1) is 26.4. The molecule has 46 heavy (non-hydrogen) atoms. The Hall–Kier alpha value is -6.00. The van der Waals surface area contributed by atoms with Crippen LogP contribution in [0.3, 0.4) is 0 Å². The van der Waals surface area contributed by atoms with E-state index in [4.69, 9.17) is 0 Å². The highest BCUT2D eigenvalue weighted by atomic mass is 15.2. The highest BCUT2D eigenvalue weighted by Crippen LogP contribution is 2.44. The van der Waals surface area contributed by atoms with Gasteiger partial charge in [-0.25, -0.2) is 0 Å². The standard InChI is InChI=1S/C42H30BN3/c1-4-15-29(16-5-1)45(30-17-6-2-7-18-30)32-27-36(35-23-14-22-34-33-21-10-12-25-38(33)44-42(34)35)41-40(28-32)46(31-19-8-3-9-20-31)39-26-13-11-24-37(39)43-41/h1-28,43-44H. The molecule has 8 aromatic rings. The van der Waals surface area contributed by atoms with Gasteiger partial charge in [-0.1, -0.05) is 115 Å². The predicted molar refractivity (Wildman–Crippen MR) is 197 cm³/mol. The summed E-state index contributed by atoms with van der Waals surface area (Å²) in [7, 11) is 0.845. The van der Waals surface area contributed by atoms with Crippen LogP contribution in [0.15, 0.2) is 170 Å². The van der Waals surface area contributed by atoms with Crippen molar-refractivity contribution in [1.29, 1.82) is 0 Å². The van der Waals surface area contributed by atoms with Gasteiger partial charge in [0, 0.05) is 56.0 Å². The summed E-state index contributed by atoms with van der Waals surface area (Å²) in [5.41, 5.74) is 14.3. The fraction of sp³-hybridized carbons (Fsp3) is 0. The summed E-state index contributed by atoms with van der Waals surface area (Å²) in [5.74, 6) is 0. The number of benzene rings is 7. The van der Waals surface area contributed by atoms with Gasteiger partial charge in [0.05, 0.1) is 5.52 Å². The number of aromatic nitrogens is 1. The van der Waals surface area contributed by atoms with Crippen LogP contribution in [0.2, 0.25) is 0 Å². The van der Waals surface area contributed by atoms with Crippen LogP contribution in [-0.2, 0) is 0 Å². The summed E-state index contributed by atoms with van der Waals surface area (Å²) in [6.07, 6.45) is 0. The first-order chi connectivity index (χ1) is 22.8. The minimum atomic E-state index is 0.845. The number of nitrogens with zero attached hydrogens (tertiary/aromatic N) is 2. The summed E-state index contributed by atoms with van der Waals surface area (Å²) in [4.78, 5) is 8.62. The molecule has 1 aliphatic rings. The maximum atomic E-state index is 3.80. The summed E-state index contributed by atoms with van der Waals surface area (Å²) in [6, 6.07) is 61.1. The molecular weight excluding hydrogens is 557 g/mol. The largest absolute Gasteiger partial charge is 0.354 e. The van der Waals surface area contributed by atoms with E-state index >= 15 is 0 Å². The van der Waals surface area contributed by atoms with E-state index in [0.29, 0.717) is 0 Å². The van der Waals surface area contributed by atoms with E-state index in [9.17, 15) is 0 Å². The number of anilines is 6. The van der Waals surface area contributed by atoms with Gasteiger partial charge >= 0.3 is 0 Å². The summed E-state index contributed by atoms with van der Waals surface area (Å²) in [5, 5.41) is 2.49. The molecule has 7 aromatic carbocycles. The van der Waals surface area contributed by atoms with Crippen LogP contribution in [0.4, 0.5) is 34.1 Å². The molecule has 0 radical (unpaired) electrons. The lowest BCUT2D eigenvalue weighted by Gasteiger charge is -2.36. The number of para-hydroxylation sites is 6. The molecule has 1 aromatic heterocycles. The lowest BCUT2D eigenvalue weighted by atomic mass is 9.58. The van der Waals surface area contributed by atoms with E-state index in [1.807, 2.05) is 0 Å². The Balaban J connectivity index is 1.38. The van der Waals surface area contributed by atoms with E-state index in [-0.39, 0.29) is 0 Å². The SMILES string of the molecule is B1c2ccccc2N(c2ccccc2)c2cc(N(c3ccccc3)c3ccccc3)cc(-c3cccc4c3[nH]c3ccccc34)c21. The zero-order chi connectivity index (χ0) is 30.5. The molecule has 0 saturated carbocycles. The fourth-order valence-corrected chi connectivity index (χ4v) is 7.15.